The molecule has 1 heterocycles. The Bertz CT molecular complexity index is 680. The van der Waals surface area contributed by atoms with E-state index >= 15 is 0 Å². The summed E-state index contributed by atoms with van der Waals surface area (Å²) in [6.07, 6.45) is 1.80. The predicted octanol–water partition coefficient (Wildman–Crippen LogP) is 1.12. The van der Waals surface area contributed by atoms with Gasteiger partial charge in [-0.1, -0.05) is 18.2 Å². The number of carboxylic acid groups (broad SMARTS) is 1. The summed E-state index contributed by atoms with van der Waals surface area (Å²) in [5, 5.41) is 12.1. The van der Waals surface area contributed by atoms with Crippen LogP contribution in [0.4, 0.5) is 0 Å². The fourth-order valence-corrected chi connectivity index (χ4v) is 2.29. The lowest BCUT2D eigenvalue weighted by molar-refractivity contribution is -0.142. The highest BCUT2D eigenvalue weighted by molar-refractivity contribution is 6.07. The van der Waals surface area contributed by atoms with E-state index in [1.54, 1.807) is 13.3 Å². The number of aliphatic carboxylic acids is 1. The number of ether oxygens (including phenoxy) is 2. The molecule has 0 aliphatic rings. The second-order valence-corrected chi connectivity index (χ2v) is 4.95. The summed E-state index contributed by atoms with van der Waals surface area (Å²) in [7, 11) is 1.64. The van der Waals surface area contributed by atoms with Gasteiger partial charge < -0.3 is 24.5 Å². The molecule has 0 bridgehead atoms. The van der Waals surface area contributed by atoms with Gasteiger partial charge in [-0.2, -0.15) is 0 Å². The Morgan fingerprint density at radius 1 is 1.26 bits per heavy atom. The second kappa shape index (κ2) is 8.30. The van der Waals surface area contributed by atoms with Crippen LogP contribution in [0.15, 0.2) is 30.5 Å². The molecule has 1 amide bonds. The number of nitrogens with zero attached hydrogens (tertiary/aromatic N) is 1. The van der Waals surface area contributed by atoms with Crippen LogP contribution in [-0.2, 0) is 20.8 Å². The maximum Gasteiger partial charge on any atom is 0.329 e. The maximum atomic E-state index is 12.3. The number of carboxylic acids is 1. The van der Waals surface area contributed by atoms with Crippen molar-refractivity contribution in [3.8, 4) is 0 Å². The van der Waals surface area contributed by atoms with Gasteiger partial charge in [-0.05, 0) is 6.07 Å². The normalized spacial score (nSPS) is 10.8. The molecule has 0 aliphatic heterocycles. The third-order valence-corrected chi connectivity index (χ3v) is 3.33. The molecule has 0 spiro atoms. The molecule has 2 aromatic rings. The van der Waals surface area contributed by atoms with E-state index in [0.29, 0.717) is 18.7 Å². The number of methoxy groups -OCH3 is 1. The van der Waals surface area contributed by atoms with Crippen molar-refractivity contribution in [3.63, 3.8) is 0 Å². The van der Waals surface area contributed by atoms with E-state index in [0.717, 1.165) is 10.9 Å². The van der Waals surface area contributed by atoms with Crippen LogP contribution in [0.25, 0.3) is 10.9 Å². The number of nitrogens with one attached hydrogen (secondary N) is 1. The Labute approximate surface area is 133 Å². The summed E-state index contributed by atoms with van der Waals surface area (Å²) in [4.78, 5) is 22.6. The van der Waals surface area contributed by atoms with E-state index < -0.39 is 5.97 Å². The van der Waals surface area contributed by atoms with E-state index in [1.807, 2.05) is 28.8 Å². The SMILES string of the molecule is COCCn1cc(C(=O)NCCOCC(=O)O)c2ccccc21. The van der Waals surface area contributed by atoms with Crippen LogP contribution in [0, 0.1) is 0 Å². The molecule has 124 valence electrons. The topological polar surface area (TPSA) is 89.8 Å². The van der Waals surface area contributed by atoms with Crippen molar-refractivity contribution in [3.05, 3.63) is 36.0 Å². The Kier molecular flexibility index (Phi) is 6.13. The standard InChI is InChI=1S/C16H20N2O5/c1-22-9-7-18-10-13(12-4-2-3-5-14(12)18)16(21)17-6-8-23-11-15(19)20/h2-5,10H,6-9,11H2,1H3,(H,17,21)(H,19,20). The molecule has 1 aromatic carbocycles. The van der Waals surface area contributed by atoms with Gasteiger partial charge in [-0.3, -0.25) is 4.79 Å². The lowest BCUT2D eigenvalue weighted by atomic mass is 10.1. The van der Waals surface area contributed by atoms with Crippen LogP contribution in [0.1, 0.15) is 10.4 Å². The van der Waals surface area contributed by atoms with Gasteiger partial charge in [0.25, 0.3) is 5.91 Å². The first kappa shape index (κ1) is 17.0. The summed E-state index contributed by atoms with van der Waals surface area (Å²) < 4.78 is 12.0. The minimum Gasteiger partial charge on any atom is -0.480 e. The highest BCUT2D eigenvalue weighted by atomic mass is 16.5. The first-order valence-electron chi connectivity index (χ1n) is 7.28. The molecule has 0 radical (unpaired) electrons. The van der Waals surface area contributed by atoms with E-state index in [-0.39, 0.29) is 25.7 Å². The number of carbonyl (C=O) groups is 2. The third-order valence-electron chi connectivity index (χ3n) is 3.33. The molecule has 0 unspecified atom stereocenters. The number of benzene rings is 1. The largest absolute Gasteiger partial charge is 0.480 e. The fraction of sp³-hybridized carbons (Fsp3) is 0.375. The molecule has 7 nitrogen and oxygen atoms in total. The van der Waals surface area contributed by atoms with Crippen molar-refractivity contribution in [2.24, 2.45) is 0 Å². The molecule has 0 atom stereocenters. The smallest absolute Gasteiger partial charge is 0.329 e. The zero-order valence-electron chi connectivity index (χ0n) is 12.9. The van der Waals surface area contributed by atoms with Crippen molar-refractivity contribution in [2.75, 3.05) is 33.5 Å². The lowest BCUT2D eigenvalue weighted by Gasteiger charge is -2.04. The van der Waals surface area contributed by atoms with Gasteiger partial charge >= 0.3 is 5.97 Å². The van der Waals surface area contributed by atoms with Gasteiger partial charge in [0.05, 0.1) is 18.8 Å². The van der Waals surface area contributed by atoms with Crippen LogP contribution < -0.4 is 5.32 Å². The quantitative estimate of drug-likeness (QED) is 0.676. The molecule has 23 heavy (non-hydrogen) atoms. The number of amides is 1. The van der Waals surface area contributed by atoms with Crippen molar-refractivity contribution < 1.29 is 24.2 Å². The molecule has 0 saturated carbocycles. The summed E-state index contributed by atoms with van der Waals surface area (Å²) in [5.74, 6) is -1.24. The lowest BCUT2D eigenvalue weighted by Crippen LogP contribution is -2.27. The second-order valence-electron chi connectivity index (χ2n) is 4.95. The van der Waals surface area contributed by atoms with Crippen LogP contribution in [-0.4, -0.2) is 55.0 Å². The number of carbonyl (C=O) groups excluding carboxylic acids is 1. The van der Waals surface area contributed by atoms with Gasteiger partial charge in [0.1, 0.15) is 6.61 Å². The van der Waals surface area contributed by atoms with Crippen LogP contribution in [0.3, 0.4) is 0 Å². The highest BCUT2D eigenvalue weighted by Gasteiger charge is 2.14. The Morgan fingerprint density at radius 3 is 2.78 bits per heavy atom. The number of aromatic nitrogens is 1. The molecule has 2 N–H and O–H groups in total. The van der Waals surface area contributed by atoms with Gasteiger partial charge in [-0.15, -0.1) is 0 Å². The minimum absolute atomic E-state index is 0.153. The van der Waals surface area contributed by atoms with E-state index in [4.69, 9.17) is 14.6 Å². The third kappa shape index (κ3) is 4.54. The molecule has 1 aromatic heterocycles. The van der Waals surface area contributed by atoms with Crippen LogP contribution in [0.2, 0.25) is 0 Å². The summed E-state index contributed by atoms with van der Waals surface area (Å²) in [6.45, 7) is 1.25. The Hall–Kier alpha value is -2.38. The number of hydrogen-bond acceptors (Lipinski definition) is 4. The van der Waals surface area contributed by atoms with Crippen molar-refractivity contribution in [1.29, 1.82) is 0 Å². The molecule has 2 rings (SSSR count). The first-order chi connectivity index (χ1) is 11.1. The van der Waals surface area contributed by atoms with Gasteiger partial charge in [0.2, 0.25) is 0 Å². The molecular weight excluding hydrogens is 300 g/mol. The Morgan fingerprint density at radius 2 is 2.04 bits per heavy atom. The molecule has 0 aliphatic carbocycles. The van der Waals surface area contributed by atoms with E-state index in [2.05, 4.69) is 5.32 Å². The summed E-state index contributed by atoms with van der Waals surface area (Å²) in [5.41, 5.74) is 1.55. The van der Waals surface area contributed by atoms with Crippen molar-refractivity contribution >= 4 is 22.8 Å². The molecule has 7 heteroatoms. The van der Waals surface area contributed by atoms with Crippen molar-refractivity contribution in [1.82, 2.24) is 9.88 Å². The van der Waals surface area contributed by atoms with E-state index in [1.165, 1.54) is 0 Å². The Balaban J connectivity index is 2.03. The number of rotatable bonds is 9. The van der Waals surface area contributed by atoms with Gasteiger partial charge in [-0.25, -0.2) is 4.79 Å². The zero-order valence-corrected chi connectivity index (χ0v) is 12.9. The maximum absolute atomic E-state index is 12.3. The van der Waals surface area contributed by atoms with Crippen LogP contribution >= 0.6 is 0 Å². The van der Waals surface area contributed by atoms with Crippen molar-refractivity contribution in [2.45, 2.75) is 6.54 Å². The van der Waals surface area contributed by atoms with Crippen LogP contribution in [0.5, 0.6) is 0 Å². The zero-order chi connectivity index (χ0) is 16.7. The average molecular weight is 320 g/mol. The molecular formula is C16H20N2O5. The van der Waals surface area contributed by atoms with Gasteiger partial charge in [0, 0.05) is 37.3 Å². The fourth-order valence-electron chi connectivity index (χ4n) is 2.29. The van der Waals surface area contributed by atoms with E-state index in [9.17, 15) is 9.59 Å². The molecule has 0 fully saturated rings. The first-order valence-corrected chi connectivity index (χ1v) is 7.28. The predicted molar refractivity (Wildman–Crippen MR) is 84.6 cm³/mol. The summed E-state index contributed by atoms with van der Waals surface area (Å²) in [6, 6.07) is 7.66. The minimum atomic E-state index is -1.03. The van der Waals surface area contributed by atoms with Gasteiger partial charge in [0.15, 0.2) is 0 Å². The average Bonchev–Trinajstić information content (AvgIpc) is 2.91. The number of fused-ring (bicyclic) bond motifs is 1. The monoisotopic (exact) mass is 320 g/mol. The molecule has 0 saturated heterocycles. The number of hydrogen-bond donors (Lipinski definition) is 2. The number of para-hydroxylation sites is 1. The highest BCUT2D eigenvalue weighted by Crippen LogP contribution is 2.21. The summed E-state index contributed by atoms with van der Waals surface area (Å²) >= 11 is 0.